The Bertz CT molecular complexity index is 1160. The highest BCUT2D eigenvalue weighted by molar-refractivity contribution is 6.17. The van der Waals surface area contributed by atoms with Crippen LogP contribution in [-0.2, 0) is 11.8 Å². The van der Waals surface area contributed by atoms with Gasteiger partial charge in [-0.3, -0.25) is 4.79 Å². The van der Waals surface area contributed by atoms with Gasteiger partial charge in [-0.2, -0.15) is 0 Å². The lowest BCUT2D eigenvalue weighted by molar-refractivity contribution is 0.0527. The first-order valence-electron chi connectivity index (χ1n) is 9.50. The molecule has 0 bridgehead atoms. The molecule has 0 aliphatic carbocycles. The van der Waals surface area contributed by atoms with E-state index in [4.69, 9.17) is 18.9 Å². The van der Waals surface area contributed by atoms with Gasteiger partial charge in [0.25, 0.3) is 5.91 Å². The number of carbonyl (C=O) groups is 2. The zero-order valence-electron chi connectivity index (χ0n) is 17.2. The Kier molecular flexibility index (Phi) is 4.99. The molecule has 1 amide bonds. The minimum Gasteiger partial charge on any atom is -0.495 e. The summed E-state index contributed by atoms with van der Waals surface area (Å²) in [7, 11) is 3.37. The maximum Gasteiger partial charge on any atom is 0.340 e. The van der Waals surface area contributed by atoms with Gasteiger partial charge in [0.05, 0.1) is 30.5 Å². The normalized spacial score (nSPS) is 12.1. The molecule has 0 radical (unpaired) electrons. The topological polar surface area (TPSA) is 88.0 Å². The fraction of sp³-hybridized carbons (Fsp3) is 0.273. The van der Waals surface area contributed by atoms with Crippen LogP contribution in [0.5, 0.6) is 17.2 Å². The average molecular weight is 410 g/mol. The average Bonchev–Trinajstić information content (AvgIpc) is 3.31. The zero-order chi connectivity index (χ0) is 21.4. The summed E-state index contributed by atoms with van der Waals surface area (Å²) in [4.78, 5) is 25.7. The predicted octanol–water partition coefficient (Wildman–Crippen LogP) is 3.65. The summed E-state index contributed by atoms with van der Waals surface area (Å²) in [6.45, 7) is 3.96. The molecule has 8 nitrogen and oxygen atoms in total. The fourth-order valence-corrected chi connectivity index (χ4v) is 3.61. The first kappa shape index (κ1) is 19.6. The third-order valence-electron chi connectivity index (χ3n) is 5.19. The minimum atomic E-state index is -0.451. The number of hydrogen-bond acceptors (Lipinski definition) is 6. The maximum atomic E-state index is 13.0. The lowest BCUT2D eigenvalue weighted by Crippen LogP contribution is -2.14. The molecule has 0 unspecified atom stereocenters. The smallest absolute Gasteiger partial charge is 0.340 e. The summed E-state index contributed by atoms with van der Waals surface area (Å²) in [5.41, 5.74) is 2.70. The standard InChI is InChI=1S/C22H22N2O6/c1-5-28-22(26)18-12(2)24(3)14-7-9-16(27-4)20(19(14)18)23-21(25)13-6-8-15-17(10-13)30-11-29-15/h6-10H,5,11H2,1-4H3,(H,23,25). The lowest BCUT2D eigenvalue weighted by atomic mass is 10.1. The molecular weight excluding hydrogens is 388 g/mol. The Labute approximate surface area is 173 Å². The molecule has 0 spiro atoms. The van der Waals surface area contributed by atoms with Gasteiger partial charge in [0.2, 0.25) is 6.79 Å². The number of amides is 1. The highest BCUT2D eigenvalue weighted by Gasteiger charge is 2.26. The second-order valence-corrected chi connectivity index (χ2v) is 6.80. The van der Waals surface area contributed by atoms with Gasteiger partial charge in [-0.15, -0.1) is 0 Å². The van der Waals surface area contributed by atoms with Crippen molar-refractivity contribution in [3.05, 3.63) is 47.2 Å². The van der Waals surface area contributed by atoms with Crippen LogP contribution in [0.25, 0.3) is 10.9 Å². The second kappa shape index (κ2) is 7.62. The summed E-state index contributed by atoms with van der Waals surface area (Å²) in [6.07, 6.45) is 0. The van der Waals surface area contributed by atoms with Crippen LogP contribution in [0.15, 0.2) is 30.3 Å². The number of hydrogen-bond donors (Lipinski definition) is 1. The molecule has 4 rings (SSSR count). The van der Waals surface area contributed by atoms with Crippen LogP contribution in [-0.4, -0.2) is 37.0 Å². The van der Waals surface area contributed by atoms with Crippen molar-refractivity contribution < 1.29 is 28.5 Å². The molecule has 0 saturated carbocycles. The number of esters is 1. The third-order valence-corrected chi connectivity index (χ3v) is 5.19. The quantitative estimate of drug-likeness (QED) is 0.646. The van der Waals surface area contributed by atoms with E-state index >= 15 is 0 Å². The molecule has 1 aliphatic rings. The summed E-state index contributed by atoms with van der Waals surface area (Å²) in [5, 5.41) is 3.48. The molecule has 1 aliphatic heterocycles. The molecule has 1 aromatic heterocycles. The SMILES string of the molecule is CCOC(=O)c1c(C)n(C)c2ccc(OC)c(NC(=O)c3ccc4c(c3)OCO4)c12. The fourth-order valence-electron chi connectivity index (χ4n) is 3.61. The van der Waals surface area contributed by atoms with E-state index in [0.717, 1.165) is 11.2 Å². The second-order valence-electron chi connectivity index (χ2n) is 6.80. The first-order chi connectivity index (χ1) is 14.5. The first-order valence-corrected chi connectivity index (χ1v) is 9.50. The highest BCUT2D eigenvalue weighted by Crippen LogP contribution is 2.39. The molecule has 0 atom stereocenters. The van der Waals surface area contributed by atoms with Gasteiger partial charge in [-0.1, -0.05) is 0 Å². The van der Waals surface area contributed by atoms with Gasteiger partial charge in [-0.25, -0.2) is 4.79 Å². The molecule has 0 saturated heterocycles. The lowest BCUT2D eigenvalue weighted by Gasteiger charge is -2.13. The largest absolute Gasteiger partial charge is 0.495 e. The van der Waals surface area contributed by atoms with Crippen LogP contribution in [0.3, 0.4) is 0 Å². The van der Waals surface area contributed by atoms with Crippen molar-refractivity contribution in [2.24, 2.45) is 7.05 Å². The van der Waals surface area contributed by atoms with Gasteiger partial charge < -0.3 is 28.8 Å². The zero-order valence-corrected chi connectivity index (χ0v) is 17.2. The minimum absolute atomic E-state index is 0.125. The number of carbonyl (C=O) groups excluding carboxylic acids is 2. The van der Waals surface area contributed by atoms with Gasteiger partial charge in [0.1, 0.15) is 5.75 Å². The van der Waals surface area contributed by atoms with Crippen molar-refractivity contribution in [3.8, 4) is 17.2 Å². The maximum absolute atomic E-state index is 13.0. The van der Waals surface area contributed by atoms with Crippen LogP contribution >= 0.6 is 0 Å². The Hall–Kier alpha value is -3.68. The van der Waals surface area contributed by atoms with Crippen LogP contribution < -0.4 is 19.5 Å². The van der Waals surface area contributed by atoms with E-state index in [9.17, 15) is 9.59 Å². The summed E-state index contributed by atoms with van der Waals surface area (Å²) in [6, 6.07) is 8.56. The van der Waals surface area contributed by atoms with Crippen molar-refractivity contribution in [1.29, 1.82) is 0 Å². The van der Waals surface area contributed by atoms with E-state index in [1.54, 1.807) is 31.2 Å². The number of aromatic nitrogens is 1. The molecule has 156 valence electrons. The summed E-state index contributed by atoms with van der Waals surface area (Å²) in [5.74, 6) is 0.723. The van der Waals surface area contributed by atoms with Gasteiger partial charge >= 0.3 is 5.97 Å². The van der Waals surface area contributed by atoms with E-state index in [0.29, 0.717) is 39.4 Å². The van der Waals surface area contributed by atoms with Crippen molar-refractivity contribution in [3.63, 3.8) is 0 Å². The van der Waals surface area contributed by atoms with Crippen molar-refractivity contribution >= 4 is 28.5 Å². The van der Waals surface area contributed by atoms with Gasteiger partial charge in [0, 0.05) is 23.7 Å². The van der Waals surface area contributed by atoms with E-state index in [1.807, 2.05) is 24.6 Å². The molecule has 0 fully saturated rings. The van der Waals surface area contributed by atoms with Gasteiger partial charge in [0.15, 0.2) is 11.5 Å². The van der Waals surface area contributed by atoms with E-state index in [2.05, 4.69) is 5.32 Å². The van der Waals surface area contributed by atoms with E-state index < -0.39 is 5.97 Å². The number of rotatable bonds is 5. The number of aryl methyl sites for hydroxylation is 1. The predicted molar refractivity (Wildman–Crippen MR) is 111 cm³/mol. The molecule has 2 heterocycles. The number of nitrogens with zero attached hydrogens (tertiary/aromatic N) is 1. The molecular formula is C22H22N2O6. The molecule has 8 heteroatoms. The molecule has 30 heavy (non-hydrogen) atoms. The van der Waals surface area contributed by atoms with Crippen molar-refractivity contribution in [1.82, 2.24) is 4.57 Å². The number of ether oxygens (including phenoxy) is 4. The Morgan fingerprint density at radius 1 is 1.17 bits per heavy atom. The van der Waals surface area contributed by atoms with Crippen molar-refractivity contribution in [2.45, 2.75) is 13.8 Å². The Balaban J connectivity index is 1.83. The summed E-state index contributed by atoms with van der Waals surface area (Å²) < 4.78 is 23.3. The monoisotopic (exact) mass is 410 g/mol. The number of benzene rings is 2. The highest BCUT2D eigenvalue weighted by atomic mass is 16.7. The third kappa shape index (κ3) is 3.10. The number of fused-ring (bicyclic) bond motifs is 2. The van der Waals surface area contributed by atoms with Crippen LogP contribution in [0, 0.1) is 6.92 Å². The number of anilines is 1. The van der Waals surface area contributed by atoms with Crippen molar-refractivity contribution in [2.75, 3.05) is 25.8 Å². The van der Waals surface area contributed by atoms with E-state index in [-0.39, 0.29) is 19.3 Å². The summed E-state index contributed by atoms with van der Waals surface area (Å²) >= 11 is 0. The van der Waals surface area contributed by atoms with Gasteiger partial charge in [-0.05, 0) is 44.2 Å². The van der Waals surface area contributed by atoms with Crippen LogP contribution in [0.1, 0.15) is 33.3 Å². The Morgan fingerprint density at radius 3 is 2.67 bits per heavy atom. The molecule has 3 aromatic rings. The van der Waals surface area contributed by atoms with Crippen LogP contribution in [0.2, 0.25) is 0 Å². The van der Waals surface area contributed by atoms with E-state index in [1.165, 1.54) is 7.11 Å². The molecule has 1 N–H and O–H groups in total. The molecule has 2 aromatic carbocycles. The number of nitrogens with one attached hydrogen (secondary N) is 1. The Morgan fingerprint density at radius 2 is 1.93 bits per heavy atom. The van der Waals surface area contributed by atoms with Crippen LogP contribution in [0.4, 0.5) is 5.69 Å². The number of methoxy groups -OCH3 is 1.